The van der Waals surface area contributed by atoms with Gasteiger partial charge in [0.25, 0.3) is 0 Å². The smallest absolute Gasteiger partial charge is 0.165 e. The Kier molecular flexibility index (Phi) is 3.91. The van der Waals surface area contributed by atoms with Crippen LogP contribution in [0.4, 0.5) is 4.39 Å². The SMILES string of the molecule is CCCC1(CCC)CC(N)c2cccc(F)c2O1. The van der Waals surface area contributed by atoms with E-state index in [-0.39, 0.29) is 17.5 Å². The lowest BCUT2D eigenvalue weighted by Crippen LogP contribution is -2.43. The molecule has 0 spiro atoms. The second-order valence-electron chi connectivity index (χ2n) is 5.25. The number of fused-ring (bicyclic) bond motifs is 1. The van der Waals surface area contributed by atoms with Crippen LogP contribution >= 0.6 is 0 Å². The highest BCUT2D eigenvalue weighted by molar-refractivity contribution is 5.40. The van der Waals surface area contributed by atoms with Gasteiger partial charge in [-0.15, -0.1) is 0 Å². The van der Waals surface area contributed by atoms with Gasteiger partial charge < -0.3 is 10.5 Å². The summed E-state index contributed by atoms with van der Waals surface area (Å²) in [4.78, 5) is 0. The second-order valence-corrected chi connectivity index (χ2v) is 5.25. The van der Waals surface area contributed by atoms with Crippen LogP contribution in [0.5, 0.6) is 5.75 Å². The van der Waals surface area contributed by atoms with Gasteiger partial charge in [0.15, 0.2) is 11.6 Å². The van der Waals surface area contributed by atoms with Crippen LogP contribution in [0.1, 0.15) is 57.6 Å². The number of rotatable bonds is 4. The van der Waals surface area contributed by atoms with Crippen molar-refractivity contribution in [2.45, 2.75) is 57.6 Å². The Hall–Kier alpha value is -1.09. The molecule has 1 aliphatic rings. The zero-order valence-electron chi connectivity index (χ0n) is 11.2. The first kappa shape index (κ1) is 13.3. The Morgan fingerprint density at radius 1 is 1.33 bits per heavy atom. The van der Waals surface area contributed by atoms with Gasteiger partial charge in [-0.05, 0) is 18.9 Å². The lowest BCUT2D eigenvalue weighted by atomic mass is 9.81. The minimum atomic E-state index is -0.292. The summed E-state index contributed by atoms with van der Waals surface area (Å²) in [5.74, 6) is 0.0809. The highest BCUT2D eigenvalue weighted by Gasteiger charge is 2.39. The van der Waals surface area contributed by atoms with E-state index < -0.39 is 0 Å². The minimum absolute atomic E-state index is 0.123. The van der Waals surface area contributed by atoms with E-state index in [0.29, 0.717) is 5.75 Å². The van der Waals surface area contributed by atoms with Crippen LogP contribution in [0.2, 0.25) is 0 Å². The van der Waals surface area contributed by atoms with Crippen molar-refractivity contribution in [3.8, 4) is 5.75 Å². The summed E-state index contributed by atoms with van der Waals surface area (Å²) in [6.45, 7) is 4.26. The van der Waals surface area contributed by atoms with Crippen molar-refractivity contribution in [1.82, 2.24) is 0 Å². The Bertz CT molecular complexity index is 413. The summed E-state index contributed by atoms with van der Waals surface area (Å²) in [6.07, 6.45) is 4.70. The first-order chi connectivity index (χ1) is 8.62. The third-order valence-electron chi connectivity index (χ3n) is 3.72. The van der Waals surface area contributed by atoms with Crippen molar-refractivity contribution in [3.05, 3.63) is 29.6 Å². The Labute approximate surface area is 108 Å². The molecule has 18 heavy (non-hydrogen) atoms. The van der Waals surface area contributed by atoms with Crippen molar-refractivity contribution in [3.63, 3.8) is 0 Å². The molecule has 0 fully saturated rings. The molecule has 0 radical (unpaired) electrons. The van der Waals surface area contributed by atoms with Gasteiger partial charge in [-0.2, -0.15) is 0 Å². The van der Waals surface area contributed by atoms with Crippen molar-refractivity contribution < 1.29 is 9.13 Å². The van der Waals surface area contributed by atoms with Crippen molar-refractivity contribution in [1.29, 1.82) is 0 Å². The molecule has 1 heterocycles. The van der Waals surface area contributed by atoms with Gasteiger partial charge in [0, 0.05) is 18.0 Å². The van der Waals surface area contributed by atoms with E-state index in [2.05, 4.69) is 13.8 Å². The molecular formula is C15H22FNO. The molecule has 1 unspecified atom stereocenters. The molecule has 1 aromatic rings. The number of hydrogen-bond donors (Lipinski definition) is 1. The van der Waals surface area contributed by atoms with Crippen LogP contribution in [0.25, 0.3) is 0 Å². The summed E-state index contributed by atoms with van der Waals surface area (Å²) >= 11 is 0. The maximum atomic E-state index is 13.9. The fourth-order valence-corrected chi connectivity index (χ4v) is 3.04. The predicted molar refractivity (Wildman–Crippen MR) is 71.1 cm³/mol. The van der Waals surface area contributed by atoms with E-state index in [1.54, 1.807) is 6.07 Å². The van der Waals surface area contributed by atoms with Crippen LogP contribution in [0.3, 0.4) is 0 Å². The topological polar surface area (TPSA) is 35.2 Å². The molecule has 100 valence electrons. The normalized spacial score (nSPS) is 21.2. The molecule has 1 aromatic carbocycles. The van der Waals surface area contributed by atoms with E-state index in [1.165, 1.54) is 6.07 Å². The van der Waals surface area contributed by atoms with Crippen LogP contribution < -0.4 is 10.5 Å². The highest BCUT2D eigenvalue weighted by atomic mass is 19.1. The van der Waals surface area contributed by atoms with Gasteiger partial charge in [-0.25, -0.2) is 4.39 Å². The lowest BCUT2D eigenvalue weighted by molar-refractivity contribution is 0.0139. The average molecular weight is 251 g/mol. The molecule has 0 amide bonds. The van der Waals surface area contributed by atoms with E-state index in [4.69, 9.17) is 10.5 Å². The lowest BCUT2D eigenvalue weighted by Gasteiger charge is -2.41. The number of nitrogens with two attached hydrogens (primary N) is 1. The monoisotopic (exact) mass is 251 g/mol. The van der Waals surface area contributed by atoms with Gasteiger partial charge in [0.2, 0.25) is 0 Å². The van der Waals surface area contributed by atoms with E-state index in [1.807, 2.05) is 6.07 Å². The fourth-order valence-electron chi connectivity index (χ4n) is 3.04. The molecule has 1 atom stereocenters. The van der Waals surface area contributed by atoms with Crippen molar-refractivity contribution >= 4 is 0 Å². The zero-order valence-corrected chi connectivity index (χ0v) is 11.2. The Balaban J connectivity index is 2.37. The van der Waals surface area contributed by atoms with Gasteiger partial charge in [-0.3, -0.25) is 0 Å². The summed E-state index contributed by atoms with van der Waals surface area (Å²) in [5.41, 5.74) is 6.73. The number of benzene rings is 1. The largest absolute Gasteiger partial charge is 0.484 e. The van der Waals surface area contributed by atoms with Gasteiger partial charge in [-0.1, -0.05) is 38.8 Å². The van der Waals surface area contributed by atoms with E-state index in [9.17, 15) is 4.39 Å². The fraction of sp³-hybridized carbons (Fsp3) is 0.600. The van der Waals surface area contributed by atoms with Crippen LogP contribution in [0.15, 0.2) is 18.2 Å². The molecule has 3 heteroatoms. The van der Waals surface area contributed by atoms with Gasteiger partial charge in [0.05, 0.1) is 0 Å². The predicted octanol–water partition coefficient (Wildman–Crippen LogP) is 3.95. The molecule has 0 saturated carbocycles. The van der Waals surface area contributed by atoms with Crippen LogP contribution in [0, 0.1) is 5.82 Å². The minimum Gasteiger partial charge on any atom is -0.484 e. The summed E-state index contributed by atoms with van der Waals surface area (Å²) in [6, 6.07) is 4.89. The highest BCUT2D eigenvalue weighted by Crippen LogP contribution is 2.43. The van der Waals surface area contributed by atoms with Gasteiger partial charge in [0.1, 0.15) is 5.60 Å². The first-order valence-corrected chi connectivity index (χ1v) is 6.85. The number of para-hydroxylation sites is 1. The Morgan fingerprint density at radius 2 is 2.00 bits per heavy atom. The molecule has 0 saturated heterocycles. The Morgan fingerprint density at radius 3 is 2.61 bits per heavy atom. The van der Waals surface area contributed by atoms with Crippen molar-refractivity contribution in [2.75, 3.05) is 0 Å². The third kappa shape index (κ3) is 2.37. The molecule has 2 rings (SSSR count). The molecule has 2 nitrogen and oxygen atoms in total. The van der Waals surface area contributed by atoms with Crippen LogP contribution in [-0.2, 0) is 0 Å². The molecule has 0 aromatic heterocycles. The van der Waals surface area contributed by atoms with E-state index in [0.717, 1.165) is 37.7 Å². The maximum absolute atomic E-state index is 13.9. The summed E-state index contributed by atoms with van der Waals surface area (Å²) < 4.78 is 19.9. The van der Waals surface area contributed by atoms with Gasteiger partial charge >= 0.3 is 0 Å². The maximum Gasteiger partial charge on any atom is 0.165 e. The van der Waals surface area contributed by atoms with Crippen molar-refractivity contribution in [2.24, 2.45) is 5.73 Å². The average Bonchev–Trinajstić information content (AvgIpc) is 2.31. The summed E-state index contributed by atoms with van der Waals surface area (Å²) in [5, 5.41) is 0. The standard InChI is InChI=1S/C15H22FNO/c1-3-8-15(9-4-2)10-13(17)11-6-5-7-12(16)14(11)18-15/h5-7,13H,3-4,8-10,17H2,1-2H3. The molecule has 0 aliphatic carbocycles. The summed E-state index contributed by atoms with van der Waals surface area (Å²) in [7, 11) is 0. The molecule has 0 bridgehead atoms. The number of halogens is 1. The van der Waals surface area contributed by atoms with Crippen LogP contribution in [-0.4, -0.2) is 5.60 Å². The number of ether oxygens (including phenoxy) is 1. The number of hydrogen-bond acceptors (Lipinski definition) is 2. The first-order valence-electron chi connectivity index (χ1n) is 6.85. The zero-order chi connectivity index (χ0) is 13.2. The third-order valence-corrected chi connectivity index (χ3v) is 3.72. The quantitative estimate of drug-likeness (QED) is 0.879. The van der Waals surface area contributed by atoms with E-state index >= 15 is 0 Å². The molecule has 2 N–H and O–H groups in total. The second kappa shape index (κ2) is 5.27. The molecule has 1 aliphatic heterocycles. The molecular weight excluding hydrogens is 229 g/mol.